The Morgan fingerprint density at radius 1 is 0.926 bits per heavy atom. The fourth-order valence-corrected chi connectivity index (χ4v) is 4.34. The summed E-state index contributed by atoms with van der Waals surface area (Å²) >= 11 is 0. The van der Waals surface area contributed by atoms with E-state index < -0.39 is 0 Å². The molecule has 0 N–H and O–H groups in total. The predicted octanol–water partition coefficient (Wildman–Crippen LogP) is 5.67. The maximum Gasteiger partial charge on any atom is 0.118 e. The Balaban J connectivity index is 1.34. The smallest absolute Gasteiger partial charge is 0.118 e. The molecule has 2 nitrogen and oxygen atoms in total. The van der Waals surface area contributed by atoms with Crippen LogP contribution in [0.5, 0.6) is 5.75 Å². The number of methoxy groups -OCH3 is 1. The molecule has 1 heterocycles. The highest BCUT2D eigenvalue weighted by molar-refractivity contribution is 5.67. The summed E-state index contributed by atoms with van der Waals surface area (Å²) in [5.41, 5.74) is 5.76. The summed E-state index contributed by atoms with van der Waals surface area (Å²) in [4.78, 5) is 2.63. The lowest BCUT2D eigenvalue weighted by Crippen LogP contribution is -2.33. The normalized spacial score (nSPS) is 20.7. The van der Waals surface area contributed by atoms with E-state index in [9.17, 15) is 0 Å². The summed E-state index contributed by atoms with van der Waals surface area (Å²) in [6, 6.07) is 19.4. The van der Waals surface area contributed by atoms with Crippen molar-refractivity contribution in [3.63, 3.8) is 0 Å². The van der Waals surface area contributed by atoms with Crippen LogP contribution >= 0.6 is 0 Å². The summed E-state index contributed by atoms with van der Waals surface area (Å²) in [5, 5.41) is 0. The third-order valence-corrected chi connectivity index (χ3v) is 5.89. The lowest BCUT2D eigenvalue weighted by atomic mass is 9.85. The van der Waals surface area contributed by atoms with Crippen molar-refractivity contribution < 1.29 is 4.74 Å². The molecule has 1 aliphatic carbocycles. The molecule has 2 aromatic carbocycles. The molecule has 2 heteroatoms. The average Bonchev–Trinajstić information content (AvgIpc) is 2.75. The molecule has 2 aliphatic rings. The zero-order valence-electron chi connectivity index (χ0n) is 16.2. The van der Waals surface area contributed by atoms with Crippen molar-refractivity contribution in [3.05, 3.63) is 77.9 Å². The van der Waals surface area contributed by atoms with Crippen molar-refractivity contribution in [2.45, 2.75) is 25.7 Å². The fourth-order valence-electron chi connectivity index (χ4n) is 4.34. The Labute approximate surface area is 163 Å². The van der Waals surface area contributed by atoms with Crippen molar-refractivity contribution in [2.24, 2.45) is 5.92 Å². The fraction of sp³-hybridized carbons (Fsp3) is 0.360. The van der Waals surface area contributed by atoms with E-state index in [-0.39, 0.29) is 0 Å². The van der Waals surface area contributed by atoms with Gasteiger partial charge in [-0.05, 0) is 66.0 Å². The summed E-state index contributed by atoms with van der Waals surface area (Å²) in [6.07, 6.45) is 9.73. The van der Waals surface area contributed by atoms with Crippen LogP contribution in [-0.4, -0.2) is 31.6 Å². The number of hydrogen-bond donors (Lipinski definition) is 0. The van der Waals surface area contributed by atoms with Crippen molar-refractivity contribution in [2.75, 3.05) is 26.7 Å². The quantitative estimate of drug-likeness (QED) is 0.682. The molecule has 0 unspecified atom stereocenters. The molecule has 0 spiro atoms. The minimum Gasteiger partial charge on any atom is -0.497 e. The van der Waals surface area contributed by atoms with Gasteiger partial charge in [0.1, 0.15) is 5.75 Å². The Hall–Kier alpha value is -2.32. The molecule has 27 heavy (non-hydrogen) atoms. The summed E-state index contributed by atoms with van der Waals surface area (Å²) in [5.74, 6) is 1.69. The van der Waals surface area contributed by atoms with E-state index in [0.29, 0.717) is 0 Å². The van der Waals surface area contributed by atoms with Crippen molar-refractivity contribution in [1.29, 1.82) is 0 Å². The number of hydrogen-bond acceptors (Lipinski definition) is 2. The minimum absolute atomic E-state index is 0.763. The van der Waals surface area contributed by atoms with Gasteiger partial charge in [-0.3, -0.25) is 4.90 Å². The second-order valence-corrected chi connectivity index (χ2v) is 7.71. The van der Waals surface area contributed by atoms with Crippen LogP contribution in [0.25, 0.3) is 11.1 Å². The number of benzene rings is 2. The number of allylic oxidation sites excluding steroid dienone is 2. The van der Waals surface area contributed by atoms with Gasteiger partial charge in [-0.1, -0.05) is 54.6 Å². The molecule has 0 bridgehead atoms. The molecule has 2 aromatic rings. The third-order valence-electron chi connectivity index (χ3n) is 5.89. The molecule has 0 fully saturated rings. The maximum atomic E-state index is 5.29. The molecule has 1 aliphatic heterocycles. The van der Waals surface area contributed by atoms with Gasteiger partial charge >= 0.3 is 0 Å². The zero-order chi connectivity index (χ0) is 18.5. The summed E-state index contributed by atoms with van der Waals surface area (Å²) < 4.78 is 5.29. The maximum absolute atomic E-state index is 5.29. The number of rotatable bonds is 5. The van der Waals surface area contributed by atoms with Crippen molar-refractivity contribution in [1.82, 2.24) is 4.90 Å². The topological polar surface area (TPSA) is 12.5 Å². The first kappa shape index (κ1) is 18.1. The second-order valence-electron chi connectivity index (χ2n) is 7.71. The zero-order valence-corrected chi connectivity index (χ0v) is 16.2. The average molecular weight is 360 g/mol. The molecule has 0 saturated carbocycles. The lowest BCUT2D eigenvalue weighted by molar-refractivity contribution is 0.244. The van der Waals surface area contributed by atoms with E-state index >= 15 is 0 Å². The third kappa shape index (κ3) is 4.51. The van der Waals surface area contributed by atoms with Gasteiger partial charge in [0, 0.05) is 19.6 Å². The van der Waals surface area contributed by atoms with Crippen LogP contribution in [-0.2, 0) is 0 Å². The molecule has 0 aromatic heterocycles. The van der Waals surface area contributed by atoms with Crippen LogP contribution in [0, 0.1) is 5.92 Å². The highest BCUT2D eigenvalue weighted by atomic mass is 16.5. The molecule has 140 valence electrons. The van der Waals surface area contributed by atoms with E-state index in [1.165, 1.54) is 54.6 Å². The van der Waals surface area contributed by atoms with Crippen LogP contribution in [0.4, 0.5) is 0 Å². The van der Waals surface area contributed by atoms with Gasteiger partial charge in [-0.25, -0.2) is 0 Å². The molecule has 0 radical (unpaired) electrons. The van der Waals surface area contributed by atoms with E-state index in [1.807, 2.05) is 0 Å². The first-order valence-corrected chi connectivity index (χ1v) is 10.1. The second kappa shape index (κ2) is 8.58. The van der Waals surface area contributed by atoms with Gasteiger partial charge in [-0.2, -0.15) is 0 Å². The standard InChI is InChI=1S/C25H29NO/c1-27-25-12-10-22(11-13-25)24-9-5-6-20(18-24)19-26-16-14-23(15-17-26)21-7-3-2-4-8-21/h2-4,7-14,20H,5-6,15-19H2,1H3/t20-/m1/s1. The van der Waals surface area contributed by atoms with Gasteiger partial charge in [0.25, 0.3) is 0 Å². The van der Waals surface area contributed by atoms with E-state index in [0.717, 1.165) is 24.6 Å². The minimum atomic E-state index is 0.763. The van der Waals surface area contributed by atoms with E-state index in [2.05, 4.69) is 71.6 Å². The van der Waals surface area contributed by atoms with Gasteiger partial charge in [0.15, 0.2) is 0 Å². The largest absolute Gasteiger partial charge is 0.497 e. The van der Waals surface area contributed by atoms with Crippen molar-refractivity contribution in [3.8, 4) is 5.75 Å². The molecular weight excluding hydrogens is 330 g/mol. The number of ether oxygens (including phenoxy) is 1. The predicted molar refractivity (Wildman–Crippen MR) is 114 cm³/mol. The lowest BCUT2D eigenvalue weighted by Gasteiger charge is -2.32. The monoisotopic (exact) mass is 359 g/mol. The highest BCUT2D eigenvalue weighted by Gasteiger charge is 2.21. The molecule has 4 rings (SSSR count). The van der Waals surface area contributed by atoms with Crippen LogP contribution in [0.1, 0.15) is 36.8 Å². The van der Waals surface area contributed by atoms with E-state index in [4.69, 9.17) is 4.74 Å². The SMILES string of the molecule is COc1ccc(C2=CCC[C@@H](CN3CC=C(c4ccccc4)CC3)C2)cc1. The Morgan fingerprint density at radius 3 is 2.41 bits per heavy atom. The molecular formula is C25H29NO. The first-order valence-electron chi connectivity index (χ1n) is 10.1. The van der Waals surface area contributed by atoms with Crippen LogP contribution in [0.15, 0.2) is 66.7 Å². The molecule has 0 saturated heterocycles. The number of nitrogens with zero attached hydrogens (tertiary/aromatic N) is 1. The summed E-state index contributed by atoms with van der Waals surface area (Å²) in [7, 11) is 1.72. The molecule has 0 amide bonds. The van der Waals surface area contributed by atoms with Gasteiger partial charge < -0.3 is 4.74 Å². The highest BCUT2D eigenvalue weighted by Crippen LogP contribution is 2.33. The van der Waals surface area contributed by atoms with E-state index in [1.54, 1.807) is 7.11 Å². The Morgan fingerprint density at radius 2 is 1.70 bits per heavy atom. The van der Waals surface area contributed by atoms with Crippen LogP contribution < -0.4 is 4.74 Å². The van der Waals surface area contributed by atoms with Gasteiger partial charge in [0.05, 0.1) is 7.11 Å². The Kier molecular flexibility index (Phi) is 5.74. The Bertz CT molecular complexity index is 804. The summed E-state index contributed by atoms with van der Waals surface area (Å²) in [6.45, 7) is 3.48. The molecule has 1 atom stereocenters. The van der Waals surface area contributed by atoms with Crippen LogP contribution in [0.3, 0.4) is 0 Å². The first-order chi connectivity index (χ1) is 13.3. The van der Waals surface area contributed by atoms with Crippen LogP contribution in [0.2, 0.25) is 0 Å². The van der Waals surface area contributed by atoms with Crippen molar-refractivity contribution >= 4 is 11.1 Å². The van der Waals surface area contributed by atoms with Gasteiger partial charge in [-0.15, -0.1) is 0 Å². The van der Waals surface area contributed by atoms with Gasteiger partial charge in [0.2, 0.25) is 0 Å².